The van der Waals surface area contributed by atoms with Gasteiger partial charge in [0.1, 0.15) is 5.82 Å². The predicted octanol–water partition coefficient (Wildman–Crippen LogP) is 2.16. The number of nitrogen functional groups attached to an aromatic ring is 1. The minimum atomic E-state index is -0.224. The zero-order valence-corrected chi connectivity index (χ0v) is 12.7. The number of thiazole rings is 1. The molecule has 0 spiro atoms. The summed E-state index contributed by atoms with van der Waals surface area (Å²) < 4.78 is 0.724. The number of nitrogens with one attached hydrogen (secondary N) is 1. The van der Waals surface area contributed by atoms with Crippen molar-refractivity contribution in [1.29, 1.82) is 0 Å². The second-order valence-electron chi connectivity index (χ2n) is 3.95. The molecule has 2 rings (SSSR count). The van der Waals surface area contributed by atoms with Crippen LogP contribution in [0.4, 0.5) is 5.82 Å². The second kappa shape index (κ2) is 6.12. The van der Waals surface area contributed by atoms with Crippen molar-refractivity contribution in [3.05, 3.63) is 38.4 Å². The fourth-order valence-electron chi connectivity index (χ4n) is 1.55. The number of aromatic nitrogens is 2. The highest BCUT2D eigenvalue weighted by atomic mass is 79.9. The van der Waals surface area contributed by atoms with Crippen LogP contribution in [0.1, 0.15) is 21.1 Å². The molecule has 0 atom stereocenters. The third-order valence-corrected chi connectivity index (χ3v) is 3.72. The number of hydrogen-bond donors (Lipinski definition) is 2. The minimum Gasteiger partial charge on any atom is -0.383 e. The Bertz CT molecular complexity index is 599. The van der Waals surface area contributed by atoms with Crippen LogP contribution in [0.3, 0.4) is 0 Å². The molecule has 2 aromatic rings. The minimum absolute atomic E-state index is 0.224. The summed E-state index contributed by atoms with van der Waals surface area (Å²) >= 11 is 4.87. The number of anilines is 1. The molecule has 7 heteroatoms. The van der Waals surface area contributed by atoms with Gasteiger partial charge in [0.2, 0.25) is 0 Å². The number of pyridine rings is 1. The van der Waals surface area contributed by atoms with Gasteiger partial charge in [-0.25, -0.2) is 9.97 Å². The van der Waals surface area contributed by atoms with Gasteiger partial charge in [0.15, 0.2) is 0 Å². The predicted molar refractivity (Wildman–Crippen MR) is 79.2 cm³/mol. The Labute approximate surface area is 123 Å². The van der Waals surface area contributed by atoms with Crippen molar-refractivity contribution in [2.24, 2.45) is 0 Å². The van der Waals surface area contributed by atoms with Crippen molar-refractivity contribution in [1.82, 2.24) is 15.3 Å². The van der Waals surface area contributed by atoms with Gasteiger partial charge in [-0.15, -0.1) is 11.3 Å². The first-order valence-corrected chi connectivity index (χ1v) is 7.34. The van der Waals surface area contributed by atoms with Crippen molar-refractivity contribution < 1.29 is 4.79 Å². The Morgan fingerprint density at radius 2 is 2.37 bits per heavy atom. The molecular weight excluding hydrogens is 328 g/mol. The van der Waals surface area contributed by atoms with E-state index in [9.17, 15) is 4.79 Å². The number of halogens is 1. The lowest BCUT2D eigenvalue weighted by atomic mass is 10.2. The Morgan fingerprint density at radius 3 is 3.05 bits per heavy atom. The van der Waals surface area contributed by atoms with Crippen molar-refractivity contribution in [3.63, 3.8) is 0 Å². The molecule has 2 heterocycles. The molecule has 0 aliphatic heterocycles. The Hall–Kier alpha value is -1.47. The van der Waals surface area contributed by atoms with E-state index in [0.29, 0.717) is 18.5 Å². The topological polar surface area (TPSA) is 80.9 Å². The van der Waals surface area contributed by atoms with Gasteiger partial charge in [-0.05, 0) is 28.9 Å². The summed E-state index contributed by atoms with van der Waals surface area (Å²) in [6.07, 6.45) is 2.27. The number of carbonyl (C=O) groups is 1. The van der Waals surface area contributed by atoms with Crippen LogP contribution in [0.15, 0.2) is 22.1 Å². The highest BCUT2D eigenvalue weighted by molar-refractivity contribution is 9.10. The van der Waals surface area contributed by atoms with Crippen molar-refractivity contribution >= 4 is 39.0 Å². The zero-order chi connectivity index (χ0) is 13.8. The number of rotatable bonds is 4. The Kier molecular flexibility index (Phi) is 4.49. The molecule has 100 valence electrons. The van der Waals surface area contributed by atoms with E-state index in [-0.39, 0.29) is 11.7 Å². The monoisotopic (exact) mass is 340 g/mol. The van der Waals surface area contributed by atoms with Crippen LogP contribution in [0, 0.1) is 6.92 Å². The van der Waals surface area contributed by atoms with E-state index in [1.165, 1.54) is 0 Å². The summed E-state index contributed by atoms with van der Waals surface area (Å²) in [5, 5.41) is 5.84. The Morgan fingerprint density at radius 1 is 1.58 bits per heavy atom. The number of carbonyl (C=O) groups excluding carboxylic acids is 1. The molecular formula is C12H13BrN4OS. The lowest BCUT2D eigenvalue weighted by molar-refractivity contribution is 0.0954. The summed E-state index contributed by atoms with van der Waals surface area (Å²) in [4.78, 5) is 20.2. The maximum atomic E-state index is 11.9. The molecule has 0 unspecified atom stereocenters. The summed E-state index contributed by atoms with van der Waals surface area (Å²) in [6, 6.07) is 1.66. The largest absolute Gasteiger partial charge is 0.383 e. The number of amides is 1. The third kappa shape index (κ3) is 3.74. The van der Waals surface area contributed by atoms with Crippen molar-refractivity contribution in [3.8, 4) is 0 Å². The number of nitrogens with zero attached hydrogens (tertiary/aromatic N) is 2. The van der Waals surface area contributed by atoms with Gasteiger partial charge in [-0.3, -0.25) is 4.79 Å². The average molecular weight is 341 g/mol. The maximum Gasteiger partial charge on any atom is 0.255 e. The highest BCUT2D eigenvalue weighted by Gasteiger charge is 2.11. The summed E-state index contributed by atoms with van der Waals surface area (Å²) in [7, 11) is 0. The Balaban J connectivity index is 1.92. The van der Waals surface area contributed by atoms with E-state index in [1.807, 2.05) is 12.3 Å². The van der Waals surface area contributed by atoms with Crippen LogP contribution in [-0.4, -0.2) is 22.4 Å². The van der Waals surface area contributed by atoms with E-state index >= 15 is 0 Å². The number of hydrogen-bond acceptors (Lipinski definition) is 5. The SMILES string of the molecule is Cc1nc(CCNC(=O)c2cc(Br)cnc2N)cs1. The molecule has 0 bridgehead atoms. The normalized spacial score (nSPS) is 10.4. The average Bonchev–Trinajstić information content (AvgIpc) is 2.78. The third-order valence-electron chi connectivity index (χ3n) is 2.46. The van der Waals surface area contributed by atoms with Crippen LogP contribution in [0.25, 0.3) is 0 Å². The van der Waals surface area contributed by atoms with E-state index in [4.69, 9.17) is 5.73 Å². The number of aryl methyl sites for hydroxylation is 1. The molecule has 0 radical (unpaired) electrons. The van der Waals surface area contributed by atoms with Crippen LogP contribution in [0.2, 0.25) is 0 Å². The second-order valence-corrected chi connectivity index (χ2v) is 5.93. The van der Waals surface area contributed by atoms with E-state index in [0.717, 1.165) is 15.2 Å². The summed E-state index contributed by atoms with van der Waals surface area (Å²) in [5.41, 5.74) is 7.04. The van der Waals surface area contributed by atoms with Crippen LogP contribution in [0.5, 0.6) is 0 Å². The lowest BCUT2D eigenvalue weighted by Crippen LogP contribution is -2.26. The molecule has 0 aliphatic rings. The summed E-state index contributed by atoms with van der Waals surface area (Å²) in [5.74, 6) is 0.00320. The first-order valence-electron chi connectivity index (χ1n) is 5.66. The molecule has 2 aromatic heterocycles. The molecule has 0 saturated heterocycles. The molecule has 19 heavy (non-hydrogen) atoms. The van der Waals surface area contributed by atoms with Crippen LogP contribution in [-0.2, 0) is 6.42 Å². The highest BCUT2D eigenvalue weighted by Crippen LogP contribution is 2.15. The van der Waals surface area contributed by atoms with E-state index in [1.54, 1.807) is 23.6 Å². The number of nitrogens with two attached hydrogens (primary N) is 1. The molecule has 5 nitrogen and oxygen atoms in total. The maximum absolute atomic E-state index is 11.9. The van der Waals surface area contributed by atoms with Crippen LogP contribution < -0.4 is 11.1 Å². The van der Waals surface area contributed by atoms with E-state index < -0.39 is 0 Å². The van der Waals surface area contributed by atoms with Gasteiger partial charge in [0.25, 0.3) is 5.91 Å². The van der Waals surface area contributed by atoms with Gasteiger partial charge in [-0.1, -0.05) is 0 Å². The van der Waals surface area contributed by atoms with Gasteiger partial charge >= 0.3 is 0 Å². The smallest absolute Gasteiger partial charge is 0.255 e. The summed E-state index contributed by atoms with van der Waals surface area (Å²) in [6.45, 7) is 2.48. The van der Waals surface area contributed by atoms with Gasteiger partial charge in [0, 0.05) is 29.0 Å². The van der Waals surface area contributed by atoms with Crippen LogP contribution >= 0.6 is 27.3 Å². The molecule has 0 aromatic carbocycles. The molecule has 0 aliphatic carbocycles. The van der Waals surface area contributed by atoms with Gasteiger partial charge in [-0.2, -0.15) is 0 Å². The fraction of sp³-hybridized carbons (Fsp3) is 0.250. The lowest BCUT2D eigenvalue weighted by Gasteiger charge is -2.06. The fourth-order valence-corrected chi connectivity index (χ4v) is 2.53. The van der Waals surface area contributed by atoms with E-state index in [2.05, 4.69) is 31.2 Å². The van der Waals surface area contributed by atoms with Crippen molar-refractivity contribution in [2.45, 2.75) is 13.3 Å². The molecule has 0 fully saturated rings. The first kappa shape index (κ1) is 14.0. The molecule has 3 N–H and O–H groups in total. The quantitative estimate of drug-likeness (QED) is 0.893. The first-order chi connectivity index (χ1) is 9.06. The molecule has 1 amide bonds. The van der Waals surface area contributed by atoms with Crippen molar-refractivity contribution in [2.75, 3.05) is 12.3 Å². The zero-order valence-electron chi connectivity index (χ0n) is 10.3. The molecule has 0 saturated carbocycles. The van der Waals surface area contributed by atoms with Gasteiger partial charge < -0.3 is 11.1 Å². The standard InChI is InChI=1S/C12H13BrN4OS/c1-7-17-9(6-19-7)2-3-15-12(18)10-4-8(13)5-16-11(10)14/h4-6H,2-3H2,1H3,(H2,14,16)(H,15,18). The van der Waals surface area contributed by atoms with Gasteiger partial charge in [0.05, 0.1) is 16.3 Å².